The van der Waals surface area contributed by atoms with Gasteiger partial charge < -0.3 is 10.8 Å². The molecule has 0 radical (unpaired) electrons. The number of fused-ring (bicyclic) bond motifs is 1. The minimum atomic E-state index is -3.28. The zero-order valence-electron chi connectivity index (χ0n) is 9.84. The maximum absolute atomic E-state index is 13.9. The van der Waals surface area contributed by atoms with Gasteiger partial charge in [-0.2, -0.15) is 0 Å². The molecular formula is C13H17F2NO. The molecule has 1 atom stereocenters. The van der Waals surface area contributed by atoms with Crippen LogP contribution >= 0.6 is 0 Å². The fourth-order valence-corrected chi connectivity index (χ4v) is 2.54. The number of hydrogen-bond donors (Lipinski definition) is 2. The Morgan fingerprint density at radius 1 is 1.47 bits per heavy atom. The normalized spacial score (nSPS) is 24.5. The van der Waals surface area contributed by atoms with Gasteiger partial charge in [-0.1, -0.05) is 23.8 Å². The highest BCUT2D eigenvalue weighted by molar-refractivity contribution is 5.40. The van der Waals surface area contributed by atoms with E-state index in [1.807, 2.05) is 19.1 Å². The molecule has 3 N–H and O–H groups in total. The molecule has 17 heavy (non-hydrogen) atoms. The summed E-state index contributed by atoms with van der Waals surface area (Å²) in [7, 11) is 0. The van der Waals surface area contributed by atoms with Crippen LogP contribution in [0.3, 0.4) is 0 Å². The van der Waals surface area contributed by atoms with Crippen molar-refractivity contribution in [3.05, 3.63) is 34.9 Å². The standard InChI is InChI=1S/C13H17F2NO/c1-9-4-5-10-3-2-6-12(16,11(10)7-9)13(14,15)8-17/h4-5,7,17H,2-3,6,8,16H2,1H3/t12-/m1/s1. The molecule has 1 aliphatic carbocycles. The van der Waals surface area contributed by atoms with E-state index in [0.717, 1.165) is 17.5 Å². The molecule has 1 aromatic carbocycles. The summed E-state index contributed by atoms with van der Waals surface area (Å²) in [5, 5.41) is 8.88. The van der Waals surface area contributed by atoms with E-state index in [0.29, 0.717) is 12.0 Å². The first-order valence-corrected chi connectivity index (χ1v) is 5.78. The van der Waals surface area contributed by atoms with Crippen LogP contribution < -0.4 is 5.73 Å². The molecule has 4 heteroatoms. The van der Waals surface area contributed by atoms with Gasteiger partial charge in [0.2, 0.25) is 0 Å². The average Bonchev–Trinajstić information content (AvgIpc) is 2.30. The van der Waals surface area contributed by atoms with Gasteiger partial charge in [0.15, 0.2) is 0 Å². The minimum Gasteiger partial charge on any atom is -0.390 e. The first kappa shape index (κ1) is 12.5. The third-order valence-corrected chi connectivity index (χ3v) is 3.61. The van der Waals surface area contributed by atoms with Crippen LogP contribution in [0.25, 0.3) is 0 Å². The number of rotatable bonds is 2. The zero-order chi connectivity index (χ0) is 12.7. The Kier molecular flexibility index (Phi) is 2.96. The van der Waals surface area contributed by atoms with Crippen LogP contribution in [0.5, 0.6) is 0 Å². The predicted molar refractivity (Wildman–Crippen MR) is 62.0 cm³/mol. The van der Waals surface area contributed by atoms with E-state index in [4.69, 9.17) is 10.8 Å². The van der Waals surface area contributed by atoms with E-state index in [1.165, 1.54) is 0 Å². The van der Waals surface area contributed by atoms with E-state index in [2.05, 4.69) is 0 Å². The zero-order valence-corrected chi connectivity index (χ0v) is 9.84. The molecule has 0 heterocycles. The Hall–Kier alpha value is -1.00. The summed E-state index contributed by atoms with van der Waals surface area (Å²) in [6.45, 7) is 0.642. The topological polar surface area (TPSA) is 46.2 Å². The molecule has 0 amide bonds. The maximum atomic E-state index is 13.9. The van der Waals surface area contributed by atoms with Gasteiger partial charge in [-0.3, -0.25) is 0 Å². The average molecular weight is 241 g/mol. The van der Waals surface area contributed by atoms with Gasteiger partial charge in [0.1, 0.15) is 12.1 Å². The van der Waals surface area contributed by atoms with Crippen LogP contribution in [0.2, 0.25) is 0 Å². The second kappa shape index (κ2) is 4.03. The largest absolute Gasteiger partial charge is 0.390 e. The first-order chi connectivity index (χ1) is 7.90. The van der Waals surface area contributed by atoms with Crippen molar-refractivity contribution < 1.29 is 13.9 Å². The van der Waals surface area contributed by atoms with E-state index in [9.17, 15) is 8.78 Å². The molecule has 2 nitrogen and oxygen atoms in total. The summed E-state index contributed by atoms with van der Waals surface area (Å²) < 4.78 is 27.7. The molecule has 0 saturated carbocycles. The van der Waals surface area contributed by atoms with Crippen LogP contribution in [0.4, 0.5) is 8.78 Å². The number of halogens is 2. The van der Waals surface area contributed by atoms with Crippen molar-refractivity contribution in [3.8, 4) is 0 Å². The molecule has 0 fully saturated rings. The highest BCUT2D eigenvalue weighted by Gasteiger charge is 2.53. The number of alkyl halides is 2. The highest BCUT2D eigenvalue weighted by atomic mass is 19.3. The van der Waals surface area contributed by atoms with E-state index in [1.54, 1.807) is 6.07 Å². The second-order valence-corrected chi connectivity index (χ2v) is 4.85. The van der Waals surface area contributed by atoms with Crippen LogP contribution in [-0.4, -0.2) is 17.6 Å². The van der Waals surface area contributed by atoms with Crippen LogP contribution in [0.15, 0.2) is 18.2 Å². The molecule has 0 aromatic heterocycles. The second-order valence-electron chi connectivity index (χ2n) is 4.85. The van der Waals surface area contributed by atoms with Gasteiger partial charge >= 0.3 is 0 Å². The lowest BCUT2D eigenvalue weighted by Gasteiger charge is -2.41. The summed E-state index contributed by atoms with van der Waals surface area (Å²) in [4.78, 5) is 0. The molecule has 2 rings (SSSR count). The van der Waals surface area contributed by atoms with E-state index in [-0.39, 0.29) is 6.42 Å². The Morgan fingerprint density at radius 2 is 2.18 bits per heavy atom. The Morgan fingerprint density at radius 3 is 2.82 bits per heavy atom. The number of benzene rings is 1. The van der Waals surface area contributed by atoms with Crippen LogP contribution in [-0.2, 0) is 12.0 Å². The van der Waals surface area contributed by atoms with Crippen molar-refractivity contribution in [3.63, 3.8) is 0 Å². The van der Waals surface area contributed by atoms with Gasteiger partial charge in [-0.15, -0.1) is 0 Å². The molecule has 0 spiro atoms. The number of aryl methyl sites for hydroxylation is 2. The van der Waals surface area contributed by atoms with Crippen molar-refractivity contribution in [1.29, 1.82) is 0 Å². The van der Waals surface area contributed by atoms with E-state index < -0.39 is 18.1 Å². The molecule has 0 bridgehead atoms. The lowest BCUT2D eigenvalue weighted by molar-refractivity contribution is -0.119. The van der Waals surface area contributed by atoms with Crippen LogP contribution in [0, 0.1) is 6.92 Å². The summed E-state index contributed by atoms with van der Waals surface area (Å²) >= 11 is 0. The lowest BCUT2D eigenvalue weighted by Crippen LogP contribution is -2.56. The van der Waals surface area contributed by atoms with Gasteiger partial charge in [0, 0.05) is 0 Å². The van der Waals surface area contributed by atoms with Crippen molar-refractivity contribution in [2.45, 2.75) is 37.6 Å². The SMILES string of the molecule is Cc1ccc2c(c1)[C@@](N)(C(F)(F)CO)CCC2. The predicted octanol–water partition coefficient (Wildman–Crippen LogP) is 2.11. The summed E-state index contributed by atoms with van der Waals surface area (Å²) in [6, 6.07) is 5.48. The third kappa shape index (κ3) is 1.85. The van der Waals surface area contributed by atoms with Crippen molar-refractivity contribution in [2.24, 2.45) is 5.73 Å². The number of hydrogen-bond acceptors (Lipinski definition) is 2. The fourth-order valence-electron chi connectivity index (χ4n) is 2.54. The quantitative estimate of drug-likeness (QED) is 0.833. The maximum Gasteiger partial charge on any atom is 0.292 e. The summed E-state index contributed by atoms with van der Waals surface area (Å²) in [5.41, 5.74) is 6.46. The monoisotopic (exact) mass is 241 g/mol. The van der Waals surface area contributed by atoms with Crippen molar-refractivity contribution in [1.82, 2.24) is 0 Å². The minimum absolute atomic E-state index is 0.205. The number of aliphatic hydroxyl groups is 1. The Bertz CT molecular complexity index is 433. The molecule has 1 aromatic rings. The summed E-state index contributed by atoms with van der Waals surface area (Å²) in [6.07, 6.45) is 1.61. The van der Waals surface area contributed by atoms with Gasteiger partial charge in [-0.05, 0) is 37.3 Å². The molecular weight excluding hydrogens is 224 g/mol. The van der Waals surface area contributed by atoms with Gasteiger partial charge in [0.25, 0.3) is 5.92 Å². The lowest BCUT2D eigenvalue weighted by atomic mass is 9.73. The van der Waals surface area contributed by atoms with Gasteiger partial charge in [0.05, 0.1) is 0 Å². The summed E-state index contributed by atoms with van der Waals surface area (Å²) in [5.74, 6) is -3.28. The highest BCUT2D eigenvalue weighted by Crippen LogP contribution is 2.43. The Balaban J connectivity index is 2.57. The first-order valence-electron chi connectivity index (χ1n) is 5.78. The molecule has 0 saturated heterocycles. The molecule has 1 aliphatic rings. The third-order valence-electron chi connectivity index (χ3n) is 3.61. The number of nitrogens with two attached hydrogens (primary N) is 1. The molecule has 0 unspecified atom stereocenters. The smallest absolute Gasteiger partial charge is 0.292 e. The van der Waals surface area contributed by atoms with E-state index >= 15 is 0 Å². The van der Waals surface area contributed by atoms with Crippen LogP contribution in [0.1, 0.15) is 29.5 Å². The molecule has 0 aliphatic heterocycles. The fraction of sp³-hybridized carbons (Fsp3) is 0.538. The van der Waals surface area contributed by atoms with Crippen molar-refractivity contribution in [2.75, 3.05) is 6.61 Å². The molecule has 94 valence electrons. The van der Waals surface area contributed by atoms with Crippen molar-refractivity contribution >= 4 is 0 Å². The number of aliphatic hydroxyl groups excluding tert-OH is 1. The van der Waals surface area contributed by atoms with Gasteiger partial charge in [-0.25, -0.2) is 8.78 Å². The Labute approximate surface area is 99.4 Å².